The summed E-state index contributed by atoms with van der Waals surface area (Å²) in [5.41, 5.74) is 0. The van der Waals surface area contributed by atoms with Crippen molar-refractivity contribution in [1.82, 2.24) is 0 Å². The quantitative estimate of drug-likeness (QED) is 0.231. The van der Waals surface area contributed by atoms with E-state index in [0.29, 0.717) is 0 Å². The number of benzene rings is 4. The molecule has 0 atom stereocenters. The molecule has 4 aromatic rings. The summed E-state index contributed by atoms with van der Waals surface area (Å²) in [6, 6.07) is 50.0. The van der Waals surface area contributed by atoms with E-state index in [1.54, 1.807) is 0 Å². The fourth-order valence-corrected chi connectivity index (χ4v) is 1.37. The smallest absolute Gasteiger partial charge is 0 e. The van der Waals surface area contributed by atoms with Crippen molar-refractivity contribution in [3.8, 4) is 0 Å². The van der Waals surface area contributed by atoms with E-state index < -0.39 is 0 Å². The van der Waals surface area contributed by atoms with Gasteiger partial charge in [-0.3, -0.25) is 0 Å². The van der Waals surface area contributed by atoms with Crippen LogP contribution in [0.5, 0.6) is 0 Å². The minimum Gasteiger partial charge on any atom is -1.00 e. The summed E-state index contributed by atoms with van der Waals surface area (Å²) in [5.74, 6) is 0. The van der Waals surface area contributed by atoms with Gasteiger partial charge in [-0.15, -0.1) is 0 Å². The summed E-state index contributed by atoms with van der Waals surface area (Å²) in [4.78, 5) is 0. The predicted octanol–water partition coefficient (Wildman–Crippen LogP) is 2.57. The molecule has 7 radical (unpaired) electrons. The van der Waals surface area contributed by atoms with Crippen LogP contribution in [0.15, 0.2) is 121 Å². The molecule has 0 fully saturated rings. The van der Waals surface area contributed by atoms with Gasteiger partial charge in [0.2, 0.25) is 0 Å². The van der Waals surface area contributed by atoms with Crippen LogP contribution in [0.3, 0.4) is 0 Å². The van der Waals surface area contributed by atoms with Gasteiger partial charge >= 0.3 is 0 Å². The first-order valence-corrected chi connectivity index (χ1v) is 7.64. The Labute approximate surface area is 192 Å². The molecule has 0 unspecified atom stereocenters. The Morgan fingerprint density at radius 2 is 0.423 bits per heavy atom. The van der Waals surface area contributed by atoms with Crippen LogP contribution in [0, 0.1) is 24.3 Å². The van der Waals surface area contributed by atoms with Gasteiger partial charge in [0.1, 0.15) is 0 Å². The van der Waals surface area contributed by atoms with Gasteiger partial charge in [-0.05, 0) is 24.3 Å². The Morgan fingerprint density at radius 3 is 0.462 bits per heavy atom. The molecule has 0 aliphatic carbocycles. The Balaban J connectivity index is 0. The molecule has 0 spiro atoms. The van der Waals surface area contributed by atoms with Crippen LogP contribution in [0.2, 0.25) is 0 Å². The van der Waals surface area contributed by atoms with Crippen LogP contribution >= 0.6 is 0 Å². The Morgan fingerprint density at radius 1 is 0.269 bits per heavy atom. The van der Waals surface area contributed by atoms with Gasteiger partial charge in [-0.25, -0.2) is 0 Å². The summed E-state index contributed by atoms with van der Waals surface area (Å²) in [6.07, 6.45) is 0. The van der Waals surface area contributed by atoms with E-state index in [0.717, 1.165) is 0 Å². The van der Waals surface area contributed by atoms with Crippen LogP contribution in [-0.4, -0.2) is 24.4 Å². The summed E-state index contributed by atoms with van der Waals surface area (Å²) in [5, 5.41) is 0. The first-order valence-electron chi connectivity index (χ1n) is 7.64. The van der Waals surface area contributed by atoms with Crippen molar-refractivity contribution in [2.45, 2.75) is 0 Å². The van der Waals surface area contributed by atoms with Gasteiger partial charge in [0, 0.05) is 24.4 Å². The molecule has 0 heterocycles. The van der Waals surface area contributed by atoms with Crippen molar-refractivity contribution in [1.29, 1.82) is 0 Å². The summed E-state index contributed by atoms with van der Waals surface area (Å²) in [7, 11) is 0. The predicted molar refractivity (Wildman–Crippen MR) is 107 cm³/mol. The minimum absolute atomic E-state index is 0. The Bertz CT molecular complexity index is 426. The molecule has 0 saturated heterocycles. The van der Waals surface area contributed by atoms with Crippen molar-refractivity contribution < 1.29 is 24.0 Å². The van der Waals surface area contributed by atoms with Crippen molar-refractivity contribution >= 4 is 24.4 Å². The summed E-state index contributed by atoms with van der Waals surface area (Å²) >= 11 is 0. The molecule has 4 aromatic carbocycles. The Kier molecular flexibility index (Phi) is 24.0. The maximum Gasteiger partial charge on any atom is 0 e. The molecule has 0 aliphatic rings. The average molecular weight is 557 g/mol. The van der Waals surface area contributed by atoms with Gasteiger partial charge < -0.3 is 24.0 Å². The molecule has 2 heteroatoms. The summed E-state index contributed by atoms with van der Waals surface area (Å²) in [6.45, 7) is 0. The second-order valence-corrected chi connectivity index (χ2v) is 4.31. The molecular formula is C24H20ISb-. The van der Waals surface area contributed by atoms with E-state index in [9.17, 15) is 0 Å². The zero-order valence-corrected chi connectivity index (χ0v) is 19.1. The first-order chi connectivity index (χ1) is 12.0. The van der Waals surface area contributed by atoms with Crippen LogP contribution in [0.25, 0.3) is 0 Å². The molecule has 26 heavy (non-hydrogen) atoms. The van der Waals surface area contributed by atoms with Gasteiger partial charge in [0.05, 0.1) is 0 Å². The Hall–Kier alpha value is -1.57. The summed E-state index contributed by atoms with van der Waals surface area (Å²) < 4.78 is 0. The van der Waals surface area contributed by atoms with E-state index in [-0.39, 0.29) is 48.4 Å². The van der Waals surface area contributed by atoms with Crippen LogP contribution in [-0.2, 0) is 0 Å². The van der Waals surface area contributed by atoms with Gasteiger partial charge in [-0.1, -0.05) is 121 Å². The second-order valence-electron chi connectivity index (χ2n) is 4.31. The fraction of sp³-hybridized carbons (Fsp3) is 0. The van der Waals surface area contributed by atoms with E-state index in [4.69, 9.17) is 0 Å². The number of hydrogen-bond donors (Lipinski definition) is 0. The minimum atomic E-state index is 0. The molecule has 0 aromatic heterocycles. The van der Waals surface area contributed by atoms with Crippen molar-refractivity contribution in [3.63, 3.8) is 0 Å². The molecular weight excluding hydrogens is 537 g/mol. The molecule has 0 nitrogen and oxygen atoms in total. The van der Waals surface area contributed by atoms with E-state index >= 15 is 0 Å². The molecule has 0 aliphatic heterocycles. The number of rotatable bonds is 0. The molecule has 0 bridgehead atoms. The third kappa shape index (κ3) is 20.5. The third-order valence-corrected chi connectivity index (χ3v) is 2.43. The average Bonchev–Trinajstić information content (AvgIpc) is 2.75. The van der Waals surface area contributed by atoms with Crippen LogP contribution in [0.4, 0.5) is 0 Å². The van der Waals surface area contributed by atoms with Crippen molar-refractivity contribution in [2.24, 2.45) is 0 Å². The van der Waals surface area contributed by atoms with E-state index in [2.05, 4.69) is 24.3 Å². The molecule has 0 amide bonds. The standard InChI is InChI=1S/4C6H5.HI.Sb/c4*1-2-4-6-5-3-1;;/h4*1-5H;1H;/p-1. The second kappa shape index (κ2) is 23.4. The first kappa shape index (κ1) is 26.7. The van der Waals surface area contributed by atoms with Crippen LogP contribution < -0.4 is 24.0 Å². The molecule has 0 N–H and O–H groups in total. The van der Waals surface area contributed by atoms with Gasteiger partial charge in [0.15, 0.2) is 0 Å². The SMILES string of the molecule is [I-].[Sb].[c]1ccccc1.[c]1ccccc1.[c]1ccccc1.[c]1ccccc1. The zero-order chi connectivity index (χ0) is 17.0. The maximum atomic E-state index is 2.89. The fourth-order valence-electron chi connectivity index (χ4n) is 1.37. The normalized spacial score (nSPS) is 7.38. The van der Waals surface area contributed by atoms with Gasteiger partial charge in [-0.2, -0.15) is 0 Å². The molecule has 0 saturated carbocycles. The zero-order valence-electron chi connectivity index (χ0n) is 14.4. The van der Waals surface area contributed by atoms with Crippen molar-refractivity contribution in [2.75, 3.05) is 0 Å². The largest absolute Gasteiger partial charge is 1.00 e. The van der Waals surface area contributed by atoms with Gasteiger partial charge in [0.25, 0.3) is 0 Å². The van der Waals surface area contributed by atoms with Crippen molar-refractivity contribution in [3.05, 3.63) is 146 Å². The third-order valence-electron chi connectivity index (χ3n) is 2.43. The number of hydrogen-bond acceptors (Lipinski definition) is 0. The maximum absolute atomic E-state index is 2.89. The molecule has 129 valence electrons. The molecule has 4 rings (SSSR count). The van der Waals surface area contributed by atoms with Crippen LogP contribution in [0.1, 0.15) is 0 Å². The van der Waals surface area contributed by atoms with E-state index in [1.807, 2.05) is 121 Å². The van der Waals surface area contributed by atoms with E-state index in [1.165, 1.54) is 0 Å². The monoisotopic (exact) mass is 556 g/mol. The number of halogens is 1. The topological polar surface area (TPSA) is 0 Å².